The molecule has 0 aliphatic carbocycles. The van der Waals surface area contributed by atoms with Crippen LogP contribution in [-0.4, -0.2) is 27.2 Å². The fourth-order valence-corrected chi connectivity index (χ4v) is 2.30. The normalized spacial score (nSPS) is 11.1. The average molecular weight is 275 g/mol. The van der Waals surface area contributed by atoms with Crippen molar-refractivity contribution in [3.05, 3.63) is 30.1 Å². The number of nitrogens with one attached hydrogen (secondary N) is 1. The molecule has 5 heteroatoms. The minimum atomic E-state index is -0.745. The van der Waals surface area contributed by atoms with E-state index in [1.54, 1.807) is 0 Å². The van der Waals surface area contributed by atoms with Crippen LogP contribution in [0.4, 0.5) is 0 Å². The van der Waals surface area contributed by atoms with Crippen LogP contribution in [0.1, 0.15) is 32.0 Å². The first kappa shape index (κ1) is 14.5. The second-order valence-corrected chi connectivity index (χ2v) is 4.84. The lowest BCUT2D eigenvalue weighted by Gasteiger charge is -2.08. The van der Waals surface area contributed by atoms with Crippen LogP contribution < -0.4 is 5.32 Å². The molecule has 0 radical (unpaired) electrons. The molecule has 2 rings (SSSR count). The predicted octanol–water partition coefficient (Wildman–Crippen LogP) is 2.40. The van der Waals surface area contributed by atoms with E-state index in [2.05, 4.69) is 27.9 Å². The van der Waals surface area contributed by atoms with Crippen molar-refractivity contribution >= 4 is 17.0 Å². The third-order valence-electron chi connectivity index (χ3n) is 3.21. The zero-order valence-corrected chi connectivity index (χ0v) is 11.8. The van der Waals surface area contributed by atoms with Crippen LogP contribution >= 0.6 is 0 Å². The van der Waals surface area contributed by atoms with E-state index in [1.165, 1.54) is 0 Å². The first-order valence-electron chi connectivity index (χ1n) is 7.09. The Kier molecular flexibility index (Phi) is 5.12. The van der Waals surface area contributed by atoms with Crippen LogP contribution in [0.5, 0.6) is 0 Å². The maximum absolute atomic E-state index is 10.4. The van der Waals surface area contributed by atoms with Crippen LogP contribution in [-0.2, 0) is 17.9 Å². The van der Waals surface area contributed by atoms with Gasteiger partial charge in [0.2, 0.25) is 0 Å². The number of rotatable bonds is 8. The molecule has 5 nitrogen and oxygen atoms in total. The van der Waals surface area contributed by atoms with Crippen molar-refractivity contribution in [2.45, 2.75) is 39.3 Å². The highest BCUT2D eigenvalue weighted by Gasteiger charge is 2.09. The van der Waals surface area contributed by atoms with Crippen molar-refractivity contribution in [1.29, 1.82) is 0 Å². The van der Waals surface area contributed by atoms with Crippen LogP contribution in [0.2, 0.25) is 0 Å². The van der Waals surface area contributed by atoms with Gasteiger partial charge in [-0.2, -0.15) is 0 Å². The Balaban J connectivity index is 2.01. The SMILES string of the molecule is CCCn1c(CNCCCC(=O)O)nc2ccccc21. The van der Waals surface area contributed by atoms with E-state index < -0.39 is 5.97 Å². The molecule has 0 saturated carbocycles. The van der Waals surface area contributed by atoms with Crippen LogP contribution in [0.15, 0.2) is 24.3 Å². The van der Waals surface area contributed by atoms with Gasteiger partial charge in [-0.15, -0.1) is 0 Å². The van der Waals surface area contributed by atoms with Gasteiger partial charge in [0.15, 0.2) is 0 Å². The van der Waals surface area contributed by atoms with Gasteiger partial charge in [-0.25, -0.2) is 4.98 Å². The Morgan fingerprint density at radius 3 is 2.95 bits per heavy atom. The summed E-state index contributed by atoms with van der Waals surface area (Å²) in [6.45, 7) is 4.47. The minimum absolute atomic E-state index is 0.207. The molecule has 0 fully saturated rings. The molecule has 2 aromatic rings. The number of hydrogen-bond donors (Lipinski definition) is 2. The first-order valence-corrected chi connectivity index (χ1v) is 7.09. The van der Waals surface area contributed by atoms with Gasteiger partial charge in [0.05, 0.1) is 17.6 Å². The van der Waals surface area contributed by atoms with Gasteiger partial charge in [-0.3, -0.25) is 4.79 Å². The minimum Gasteiger partial charge on any atom is -0.481 e. The Morgan fingerprint density at radius 1 is 1.40 bits per heavy atom. The zero-order chi connectivity index (χ0) is 14.4. The molecule has 108 valence electrons. The standard InChI is InChI=1S/C15H21N3O2/c1-2-10-18-13-7-4-3-6-12(13)17-14(18)11-16-9-5-8-15(19)20/h3-4,6-7,16H,2,5,8-11H2,1H3,(H,19,20). The molecule has 0 amide bonds. The molecule has 0 aliphatic heterocycles. The largest absolute Gasteiger partial charge is 0.481 e. The lowest BCUT2D eigenvalue weighted by Crippen LogP contribution is -2.19. The number of aliphatic carboxylic acids is 1. The van der Waals surface area contributed by atoms with Gasteiger partial charge in [0.25, 0.3) is 0 Å². The van der Waals surface area contributed by atoms with Gasteiger partial charge in [0, 0.05) is 13.0 Å². The smallest absolute Gasteiger partial charge is 0.303 e. The number of aromatic nitrogens is 2. The van der Waals surface area contributed by atoms with Crippen molar-refractivity contribution in [1.82, 2.24) is 14.9 Å². The Morgan fingerprint density at radius 2 is 2.20 bits per heavy atom. The molecule has 1 aromatic heterocycles. The average Bonchev–Trinajstić information content (AvgIpc) is 2.77. The lowest BCUT2D eigenvalue weighted by molar-refractivity contribution is -0.137. The van der Waals surface area contributed by atoms with Crippen LogP contribution in [0.3, 0.4) is 0 Å². The highest BCUT2D eigenvalue weighted by Crippen LogP contribution is 2.16. The Labute approximate surface area is 118 Å². The number of carboxylic acid groups (broad SMARTS) is 1. The van der Waals surface area contributed by atoms with Crippen LogP contribution in [0, 0.1) is 0 Å². The number of fused-ring (bicyclic) bond motifs is 1. The summed E-state index contributed by atoms with van der Waals surface area (Å²) in [5.74, 6) is 0.272. The number of carboxylic acids is 1. The number of para-hydroxylation sites is 2. The summed E-state index contributed by atoms with van der Waals surface area (Å²) in [6.07, 6.45) is 1.91. The Bertz CT molecular complexity index is 578. The van der Waals surface area contributed by atoms with E-state index in [-0.39, 0.29) is 6.42 Å². The molecule has 0 saturated heterocycles. The summed E-state index contributed by atoms with van der Waals surface area (Å²) >= 11 is 0. The van der Waals surface area contributed by atoms with Crippen LogP contribution in [0.25, 0.3) is 11.0 Å². The molecular weight excluding hydrogens is 254 g/mol. The van der Waals surface area contributed by atoms with Crippen molar-refractivity contribution in [2.24, 2.45) is 0 Å². The highest BCUT2D eigenvalue weighted by atomic mass is 16.4. The number of carbonyl (C=O) groups is 1. The molecule has 20 heavy (non-hydrogen) atoms. The van der Waals surface area contributed by atoms with Gasteiger partial charge in [0.1, 0.15) is 5.82 Å². The molecule has 0 atom stereocenters. The number of imidazole rings is 1. The number of aryl methyl sites for hydroxylation is 1. The molecule has 0 unspecified atom stereocenters. The molecule has 0 bridgehead atoms. The maximum atomic E-state index is 10.4. The quantitative estimate of drug-likeness (QED) is 0.726. The molecule has 1 heterocycles. The molecule has 2 N–H and O–H groups in total. The monoisotopic (exact) mass is 275 g/mol. The summed E-state index contributed by atoms with van der Waals surface area (Å²) in [6, 6.07) is 8.14. The van der Waals surface area contributed by atoms with Gasteiger partial charge in [-0.1, -0.05) is 19.1 Å². The maximum Gasteiger partial charge on any atom is 0.303 e. The Hall–Kier alpha value is -1.88. The fraction of sp³-hybridized carbons (Fsp3) is 0.467. The van der Waals surface area contributed by atoms with E-state index in [1.807, 2.05) is 18.2 Å². The van der Waals surface area contributed by atoms with Crippen molar-refractivity contribution in [3.63, 3.8) is 0 Å². The summed E-state index contributed by atoms with van der Waals surface area (Å²) in [4.78, 5) is 15.1. The third kappa shape index (κ3) is 3.57. The molecule has 0 aliphatic rings. The number of benzene rings is 1. The van der Waals surface area contributed by atoms with Gasteiger partial charge in [-0.05, 0) is 31.5 Å². The van der Waals surface area contributed by atoms with E-state index in [0.717, 1.165) is 29.8 Å². The van der Waals surface area contributed by atoms with Crippen molar-refractivity contribution < 1.29 is 9.90 Å². The van der Waals surface area contributed by atoms with Crippen molar-refractivity contribution in [2.75, 3.05) is 6.54 Å². The lowest BCUT2D eigenvalue weighted by atomic mass is 10.3. The molecular formula is C15H21N3O2. The topological polar surface area (TPSA) is 67.2 Å². The van der Waals surface area contributed by atoms with E-state index in [0.29, 0.717) is 19.5 Å². The van der Waals surface area contributed by atoms with E-state index in [9.17, 15) is 4.79 Å². The zero-order valence-electron chi connectivity index (χ0n) is 11.8. The summed E-state index contributed by atoms with van der Waals surface area (Å²) < 4.78 is 2.24. The summed E-state index contributed by atoms with van der Waals surface area (Å²) in [5, 5.41) is 11.9. The molecule has 0 spiro atoms. The second-order valence-electron chi connectivity index (χ2n) is 4.84. The van der Waals surface area contributed by atoms with Crippen molar-refractivity contribution in [3.8, 4) is 0 Å². The van der Waals surface area contributed by atoms with E-state index in [4.69, 9.17) is 5.11 Å². The fourth-order valence-electron chi connectivity index (χ4n) is 2.30. The summed E-state index contributed by atoms with van der Waals surface area (Å²) in [7, 11) is 0. The van der Waals surface area contributed by atoms with Gasteiger partial charge < -0.3 is 15.0 Å². The van der Waals surface area contributed by atoms with Gasteiger partial charge >= 0.3 is 5.97 Å². The highest BCUT2D eigenvalue weighted by molar-refractivity contribution is 5.75. The summed E-state index contributed by atoms with van der Waals surface area (Å²) in [5.41, 5.74) is 2.18. The second kappa shape index (κ2) is 7.05. The number of hydrogen-bond acceptors (Lipinski definition) is 3. The predicted molar refractivity (Wildman–Crippen MR) is 78.6 cm³/mol. The number of nitrogens with zero attached hydrogens (tertiary/aromatic N) is 2. The molecule has 1 aromatic carbocycles. The first-order chi connectivity index (χ1) is 9.72. The third-order valence-corrected chi connectivity index (χ3v) is 3.21. The van der Waals surface area contributed by atoms with E-state index >= 15 is 0 Å².